The molecule has 4 aliphatic carbocycles. The number of carbonyl (C=O) groups excluding carboxylic acids is 3. The Hall–Kier alpha value is -2.18. The molecule has 0 aromatic heterocycles. The maximum absolute atomic E-state index is 13.6. The number of aliphatic carboxylic acids is 1. The van der Waals surface area contributed by atoms with Crippen LogP contribution in [0.15, 0.2) is 11.6 Å². The SMILES string of the molecule is CCOC(=O)O[C@]1(C(=O)O)CC[C@H]2[C@@H]3CCC4=CC(=O)CC[C@]4(C)[C@H]3C(=O)C[C@@]21C. The number of carbonyl (C=O) groups is 4. The summed E-state index contributed by atoms with van der Waals surface area (Å²) in [6, 6.07) is 0. The average Bonchev–Trinajstić information content (AvgIpc) is 2.95. The Labute approximate surface area is 176 Å². The van der Waals surface area contributed by atoms with Gasteiger partial charge in [-0.05, 0) is 62.4 Å². The van der Waals surface area contributed by atoms with Crippen LogP contribution in [-0.4, -0.2) is 41.0 Å². The zero-order chi connectivity index (χ0) is 21.9. The van der Waals surface area contributed by atoms with Crippen molar-refractivity contribution < 1.29 is 33.8 Å². The van der Waals surface area contributed by atoms with Crippen molar-refractivity contribution in [2.75, 3.05) is 6.61 Å². The molecular formula is C23H30O7. The van der Waals surface area contributed by atoms with Crippen molar-refractivity contribution in [3.8, 4) is 0 Å². The van der Waals surface area contributed by atoms with E-state index in [1.54, 1.807) is 19.9 Å². The van der Waals surface area contributed by atoms with Crippen molar-refractivity contribution >= 4 is 23.7 Å². The standard InChI is InChI=1S/C23H30O7/c1-4-29-20(28)30-23(19(26)27)10-8-16-15-6-5-13-11-14(24)7-9-21(13,2)18(15)17(25)12-22(16,23)3/h11,15-16,18H,4-10,12H2,1-3H3,(H,26,27)/t15-,16-,18+,21-,22-,23-/m0/s1. The predicted octanol–water partition coefficient (Wildman–Crippen LogP) is 3.69. The molecule has 0 heterocycles. The van der Waals surface area contributed by atoms with E-state index in [0.717, 1.165) is 18.4 Å². The van der Waals surface area contributed by atoms with Gasteiger partial charge in [-0.15, -0.1) is 0 Å². The van der Waals surface area contributed by atoms with Crippen molar-refractivity contribution in [1.29, 1.82) is 0 Å². The number of hydrogen-bond acceptors (Lipinski definition) is 6. The van der Waals surface area contributed by atoms with Gasteiger partial charge >= 0.3 is 12.1 Å². The summed E-state index contributed by atoms with van der Waals surface area (Å²) in [5, 5.41) is 10.1. The van der Waals surface area contributed by atoms with Crippen molar-refractivity contribution in [1.82, 2.24) is 0 Å². The molecule has 3 fully saturated rings. The van der Waals surface area contributed by atoms with Crippen LogP contribution in [0.2, 0.25) is 0 Å². The van der Waals surface area contributed by atoms with Gasteiger partial charge in [0.25, 0.3) is 0 Å². The lowest BCUT2D eigenvalue weighted by atomic mass is 9.46. The fourth-order valence-corrected chi connectivity index (χ4v) is 7.22. The number of Topliss-reactive ketones (excluding diaryl/α,β-unsaturated/α-hetero) is 1. The topological polar surface area (TPSA) is 107 Å². The molecule has 0 radical (unpaired) electrons. The molecule has 0 aromatic rings. The Kier molecular flexibility index (Phi) is 4.86. The van der Waals surface area contributed by atoms with E-state index in [9.17, 15) is 24.3 Å². The molecule has 0 amide bonds. The molecule has 164 valence electrons. The highest BCUT2D eigenvalue weighted by Crippen LogP contribution is 2.67. The normalized spacial score (nSPS) is 42.5. The Bertz CT molecular complexity index is 844. The zero-order valence-electron chi connectivity index (χ0n) is 17.9. The van der Waals surface area contributed by atoms with Crippen LogP contribution in [0.25, 0.3) is 0 Å². The summed E-state index contributed by atoms with van der Waals surface area (Å²) < 4.78 is 10.4. The summed E-state index contributed by atoms with van der Waals surface area (Å²) in [5.41, 5.74) is -2.01. The maximum atomic E-state index is 13.6. The Balaban J connectivity index is 1.72. The smallest absolute Gasteiger partial charge is 0.478 e. The molecule has 4 rings (SSSR count). The van der Waals surface area contributed by atoms with E-state index in [1.807, 2.05) is 0 Å². The first-order chi connectivity index (χ1) is 14.1. The molecule has 1 N–H and O–H groups in total. The van der Waals surface area contributed by atoms with E-state index in [1.165, 1.54) is 0 Å². The molecule has 4 aliphatic rings. The number of ketones is 2. The van der Waals surface area contributed by atoms with Gasteiger partial charge in [-0.2, -0.15) is 0 Å². The van der Waals surface area contributed by atoms with Crippen LogP contribution in [-0.2, 0) is 23.9 Å². The van der Waals surface area contributed by atoms with Crippen molar-refractivity contribution in [2.24, 2.45) is 28.6 Å². The molecule has 7 nitrogen and oxygen atoms in total. The van der Waals surface area contributed by atoms with Crippen LogP contribution < -0.4 is 0 Å². The van der Waals surface area contributed by atoms with Gasteiger partial charge in [0, 0.05) is 24.2 Å². The molecule has 7 heteroatoms. The molecule has 6 atom stereocenters. The van der Waals surface area contributed by atoms with Gasteiger partial charge in [0.1, 0.15) is 5.78 Å². The first-order valence-corrected chi connectivity index (χ1v) is 10.9. The van der Waals surface area contributed by atoms with E-state index in [2.05, 4.69) is 6.92 Å². The summed E-state index contributed by atoms with van der Waals surface area (Å²) in [6.45, 7) is 5.61. The summed E-state index contributed by atoms with van der Waals surface area (Å²) >= 11 is 0. The van der Waals surface area contributed by atoms with E-state index < -0.39 is 23.1 Å². The summed E-state index contributed by atoms with van der Waals surface area (Å²) in [4.78, 5) is 50.1. The first kappa shape index (κ1) is 21.1. The maximum Gasteiger partial charge on any atom is 0.509 e. The van der Waals surface area contributed by atoms with Gasteiger partial charge < -0.3 is 14.6 Å². The fraction of sp³-hybridized carbons (Fsp3) is 0.739. The van der Waals surface area contributed by atoms with Gasteiger partial charge in [0.15, 0.2) is 5.78 Å². The minimum absolute atomic E-state index is 0.0265. The highest BCUT2D eigenvalue weighted by atomic mass is 16.7. The lowest BCUT2D eigenvalue weighted by Gasteiger charge is -2.57. The number of rotatable bonds is 3. The molecule has 0 saturated heterocycles. The first-order valence-electron chi connectivity index (χ1n) is 10.9. The van der Waals surface area contributed by atoms with E-state index >= 15 is 0 Å². The monoisotopic (exact) mass is 418 g/mol. The van der Waals surface area contributed by atoms with E-state index in [4.69, 9.17) is 9.47 Å². The van der Waals surface area contributed by atoms with Crippen LogP contribution >= 0.6 is 0 Å². The van der Waals surface area contributed by atoms with E-state index in [-0.39, 0.29) is 54.2 Å². The largest absolute Gasteiger partial charge is 0.509 e. The number of carboxylic acids is 1. The number of hydrogen-bond donors (Lipinski definition) is 1. The predicted molar refractivity (Wildman–Crippen MR) is 106 cm³/mol. The molecule has 0 bridgehead atoms. The fourth-order valence-electron chi connectivity index (χ4n) is 7.22. The van der Waals surface area contributed by atoms with Gasteiger partial charge in [-0.3, -0.25) is 9.59 Å². The quantitative estimate of drug-likeness (QED) is 0.697. The average molecular weight is 418 g/mol. The number of carboxylic acid groups (broad SMARTS) is 1. The molecule has 3 saturated carbocycles. The minimum atomic E-state index is -1.76. The second kappa shape index (κ2) is 6.92. The summed E-state index contributed by atoms with van der Waals surface area (Å²) in [5.74, 6) is -1.28. The Morgan fingerprint density at radius 3 is 2.57 bits per heavy atom. The minimum Gasteiger partial charge on any atom is -0.478 e. The number of ether oxygens (including phenoxy) is 2. The van der Waals surface area contributed by atoms with Crippen LogP contribution in [0.5, 0.6) is 0 Å². The third kappa shape index (κ3) is 2.70. The molecule has 0 aromatic carbocycles. The van der Waals surface area contributed by atoms with Crippen LogP contribution in [0.3, 0.4) is 0 Å². The van der Waals surface area contributed by atoms with Gasteiger partial charge in [-0.25, -0.2) is 9.59 Å². The lowest BCUT2D eigenvalue weighted by Crippen LogP contribution is -2.61. The number of fused-ring (bicyclic) bond motifs is 5. The zero-order valence-corrected chi connectivity index (χ0v) is 17.9. The van der Waals surface area contributed by atoms with Crippen molar-refractivity contribution in [3.05, 3.63) is 11.6 Å². The second-order valence-electron chi connectivity index (χ2n) is 9.86. The third-order valence-electron chi connectivity index (χ3n) is 8.64. The van der Waals surface area contributed by atoms with Crippen molar-refractivity contribution in [3.63, 3.8) is 0 Å². The van der Waals surface area contributed by atoms with Crippen molar-refractivity contribution in [2.45, 2.75) is 71.3 Å². The summed E-state index contributed by atoms with van der Waals surface area (Å²) in [7, 11) is 0. The van der Waals surface area contributed by atoms with E-state index in [0.29, 0.717) is 19.3 Å². The highest BCUT2D eigenvalue weighted by Gasteiger charge is 2.71. The van der Waals surface area contributed by atoms with Crippen LogP contribution in [0, 0.1) is 28.6 Å². The van der Waals surface area contributed by atoms with Crippen LogP contribution in [0.1, 0.15) is 65.7 Å². The van der Waals surface area contributed by atoms with Gasteiger partial charge in [0.05, 0.1) is 6.61 Å². The molecule has 30 heavy (non-hydrogen) atoms. The lowest BCUT2D eigenvalue weighted by molar-refractivity contribution is -0.187. The number of allylic oxidation sites excluding steroid dienone is 1. The second-order valence-corrected chi connectivity index (χ2v) is 9.86. The molecular weight excluding hydrogens is 388 g/mol. The highest BCUT2D eigenvalue weighted by molar-refractivity contribution is 5.93. The summed E-state index contributed by atoms with van der Waals surface area (Å²) in [6.07, 6.45) is 4.18. The Morgan fingerprint density at radius 1 is 1.17 bits per heavy atom. The third-order valence-corrected chi connectivity index (χ3v) is 8.64. The Morgan fingerprint density at radius 2 is 1.90 bits per heavy atom. The van der Waals surface area contributed by atoms with Gasteiger partial charge in [-0.1, -0.05) is 19.4 Å². The molecule has 0 aliphatic heterocycles. The van der Waals surface area contributed by atoms with Gasteiger partial charge in [0.2, 0.25) is 5.60 Å². The molecule has 0 unspecified atom stereocenters. The van der Waals surface area contributed by atoms with Crippen LogP contribution in [0.4, 0.5) is 4.79 Å². The molecule has 0 spiro atoms.